The molecule has 0 aliphatic heterocycles. The van der Waals surface area contributed by atoms with Crippen LogP contribution in [0.25, 0.3) is 0 Å². The topological polar surface area (TPSA) is 57.5 Å². The summed E-state index contributed by atoms with van der Waals surface area (Å²) in [6.07, 6.45) is 1.54. The molecule has 3 atom stereocenters. The van der Waals surface area contributed by atoms with Crippen molar-refractivity contribution in [2.75, 3.05) is 0 Å². The molecule has 3 nitrogen and oxygen atoms in total. The number of carboxylic acid groups (broad SMARTS) is 1. The molecule has 0 spiro atoms. The summed E-state index contributed by atoms with van der Waals surface area (Å²) >= 11 is 10.6. The van der Waals surface area contributed by atoms with E-state index in [1.165, 1.54) is 11.3 Å². The van der Waals surface area contributed by atoms with Gasteiger partial charge in [0, 0.05) is 10.8 Å². The lowest BCUT2D eigenvalue weighted by molar-refractivity contribution is -0.144. The summed E-state index contributed by atoms with van der Waals surface area (Å²) in [5, 5.41) is 19.9. The Kier molecular flexibility index (Phi) is 4.13. The number of aliphatic hydroxyl groups is 1. The van der Waals surface area contributed by atoms with Crippen LogP contribution in [0, 0.1) is 11.8 Å². The van der Waals surface area contributed by atoms with E-state index >= 15 is 0 Å². The van der Waals surface area contributed by atoms with Gasteiger partial charge in [0.1, 0.15) is 0 Å². The molecular weight excluding hydrogens is 328 g/mol. The van der Waals surface area contributed by atoms with E-state index in [9.17, 15) is 9.90 Å². The van der Waals surface area contributed by atoms with E-state index in [4.69, 9.17) is 16.7 Å². The number of carboxylic acids is 1. The number of carbonyl (C=O) groups is 1. The fourth-order valence-electron chi connectivity index (χ4n) is 2.39. The molecule has 2 rings (SSSR count). The fraction of sp³-hybridized carbons (Fsp3) is 0.545. The number of aliphatic carboxylic acids is 1. The van der Waals surface area contributed by atoms with Gasteiger partial charge in [0.25, 0.3) is 0 Å². The van der Waals surface area contributed by atoms with Gasteiger partial charge < -0.3 is 10.2 Å². The lowest BCUT2D eigenvalue weighted by Crippen LogP contribution is -2.23. The standard InChI is InChI=1S/C11H12BrClO3S/c12-10-7(13)4-8(17-10)9(14)5-2-1-3-6(5)11(15)16/h4-6,9,14H,1-3H2,(H,15,16). The second-order valence-electron chi connectivity index (χ2n) is 4.25. The van der Waals surface area contributed by atoms with E-state index in [-0.39, 0.29) is 5.92 Å². The van der Waals surface area contributed by atoms with Crippen LogP contribution in [0.1, 0.15) is 30.2 Å². The fourth-order valence-corrected chi connectivity index (χ4v) is 4.20. The van der Waals surface area contributed by atoms with Crippen LogP contribution in [0.15, 0.2) is 9.85 Å². The molecule has 1 aromatic rings. The Morgan fingerprint density at radius 3 is 2.82 bits per heavy atom. The maximum Gasteiger partial charge on any atom is 0.306 e. The van der Waals surface area contributed by atoms with Gasteiger partial charge in [0.15, 0.2) is 0 Å². The first kappa shape index (κ1) is 13.3. The number of halogens is 2. The van der Waals surface area contributed by atoms with Gasteiger partial charge in [-0.15, -0.1) is 11.3 Å². The van der Waals surface area contributed by atoms with Crippen molar-refractivity contribution in [1.29, 1.82) is 0 Å². The highest BCUT2D eigenvalue weighted by molar-refractivity contribution is 9.11. The molecule has 0 amide bonds. The second-order valence-corrected chi connectivity index (χ2v) is 7.06. The SMILES string of the molecule is O=C(O)C1CCCC1C(O)c1cc(Cl)c(Br)s1. The predicted octanol–water partition coefficient (Wildman–Crippen LogP) is 3.70. The molecule has 1 aromatic heterocycles. The largest absolute Gasteiger partial charge is 0.481 e. The van der Waals surface area contributed by atoms with Crippen molar-refractivity contribution in [3.63, 3.8) is 0 Å². The first-order chi connectivity index (χ1) is 8.00. The molecule has 94 valence electrons. The first-order valence-electron chi connectivity index (χ1n) is 5.36. The van der Waals surface area contributed by atoms with Crippen LogP contribution >= 0.6 is 38.9 Å². The minimum Gasteiger partial charge on any atom is -0.481 e. The Labute approximate surface area is 117 Å². The summed E-state index contributed by atoms with van der Waals surface area (Å²) in [6, 6.07) is 1.71. The highest BCUT2D eigenvalue weighted by Gasteiger charge is 2.38. The Bertz CT molecular complexity index is 415. The lowest BCUT2D eigenvalue weighted by atomic mass is 9.90. The third kappa shape index (κ3) is 2.67. The van der Waals surface area contributed by atoms with E-state index < -0.39 is 18.0 Å². The minimum absolute atomic E-state index is 0.200. The van der Waals surface area contributed by atoms with Crippen molar-refractivity contribution in [2.24, 2.45) is 11.8 Å². The zero-order valence-corrected chi connectivity index (χ0v) is 12.1. The van der Waals surface area contributed by atoms with E-state index in [0.29, 0.717) is 11.4 Å². The summed E-state index contributed by atoms with van der Waals surface area (Å²) in [6.45, 7) is 0. The van der Waals surface area contributed by atoms with Gasteiger partial charge in [-0.05, 0) is 34.8 Å². The second kappa shape index (κ2) is 5.26. The van der Waals surface area contributed by atoms with Gasteiger partial charge in [-0.25, -0.2) is 0 Å². The smallest absolute Gasteiger partial charge is 0.306 e. The molecule has 3 unspecified atom stereocenters. The molecular formula is C11H12BrClO3S. The Morgan fingerprint density at radius 1 is 1.59 bits per heavy atom. The number of hydrogen-bond acceptors (Lipinski definition) is 3. The van der Waals surface area contributed by atoms with Gasteiger partial charge in [-0.1, -0.05) is 18.0 Å². The predicted molar refractivity (Wildman–Crippen MR) is 70.5 cm³/mol. The maximum atomic E-state index is 11.1. The van der Waals surface area contributed by atoms with Crippen molar-refractivity contribution >= 4 is 44.8 Å². The molecule has 1 heterocycles. The zero-order valence-electron chi connectivity index (χ0n) is 8.90. The molecule has 1 aliphatic rings. The van der Waals surface area contributed by atoms with E-state index in [0.717, 1.165) is 21.5 Å². The monoisotopic (exact) mass is 338 g/mol. The van der Waals surface area contributed by atoms with Crippen molar-refractivity contribution in [2.45, 2.75) is 25.4 Å². The molecule has 1 saturated carbocycles. The van der Waals surface area contributed by atoms with Crippen LogP contribution in [-0.4, -0.2) is 16.2 Å². The number of rotatable bonds is 3. The molecule has 0 aromatic carbocycles. The average molecular weight is 340 g/mol. The average Bonchev–Trinajstić information content (AvgIpc) is 2.85. The molecule has 0 bridgehead atoms. The van der Waals surface area contributed by atoms with Gasteiger partial charge in [-0.2, -0.15) is 0 Å². The van der Waals surface area contributed by atoms with Gasteiger partial charge >= 0.3 is 5.97 Å². The van der Waals surface area contributed by atoms with E-state index in [2.05, 4.69) is 15.9 Å². The summed E-state index contributed by atoms with van der Waals surface area (Å²) in [5.74, 6) is -1.45. The van der Waals surface area contributed by atoms with Crippen molar-refractivity contribution in [1.82, 2.24) is 0 Å². The number of aliphatic hydroxyl groups excluding tert-OH is 1. The van der Waals surface area contributed by atoms with E-state index in [1.54, 1.807) is 6.07 Å². The highest BCUT2D eigenvalue weighted by atomic mass is 79.9. The molecule has 1 fully saturated rings. The molecule has 1 aliphatic carbocycles. The van der Waals surface area contributed by atoms with Crippen LogP contribution in [0.3, 0.4) is 0 Å². The van der Waals surface area contributed by atoms with Crippen LogP contribution in [0.5, 0.6) is 0 Å². The number of thiophene rings is 1. The van der Waals surface area contributed by atoms with Crippen LogP contribution in [0.2, 0.25) is 5.02 Å². The van der Waals surface area contributed by atoms with Crippen LogP contribution in [-0.2, 0) is 4.79 Å². The Morgan fingerprint density at radius 2 is 2.29 bits per heavy atom. The lowest BCUT2D eigenvalue weighted by Gasteiger charge is -2.20. The van der Waals surface area contributed by atoms with Crippen LogP contribution < -0.4 is 0 Å². The van der Waals surface area contributed by atoms with E-state index in [1.807, 2.05) is 0 Å². The molecule has 0 saturated heterocycles. The Balaban J connectivity index is 2.19. The van der Waals surface area contributed by atoms with Crippen LogP contribution in [0.4, 0.5) is 0 Å². The number of hydrogen-bond donors (Lipinski definition) is 2. The van der Waals surface area contributed by atoms with Gasteiger partial charge in [0.05, 0.1) is 20.8 Å². The summed E-state index contributed by atoms with van der Waals surface area (Å²) < 4.78 is 0.776. The van der Waals surface area contributed by atoms with Crippen molar-refractivity contribution in [3.8, 4) is 0 Å². The Hall–Kier alpha value is -0.100. The first-order valence-corrected chi connectivity index (χ1v) is 7.35. The van der Waals surface area contributed by atoms with Gasteiger partial charge in [0.2, 0.25) is 0 Å². The summed E-state index contributed by atoms with van der Waals surface area (Å²) in [5.41, 5.74) is 0. The third-order valence-corrected chi connectivity index (χ3v) is 5.79. The quantitative estimate of drug-likeness (QED) is 0.883. The molecule has 6 heteroatoms. The van der Waals surface area contributed by atoms with Crippen molar-refractivity contribution in [3.05, 3.63) is 19.8 Å². The van der Waals surface area contributed by atoms with Gasteiger partial charge in [-0.3, -0.25) is 4.79 Å². The zero-order chi connectivity index (χ0) is 12.6. The third-order valence-electron chi connectivity index (χ3n) is 3.25. The maximum absolute atomic E-state index is 11.1. The minimum atomic E-state index is -0.812. The normalized spacial score (nSPS) is 26.1. The molecule has 2 N–H and O–H groups in total. The molecule has 0 radical (unpaired) electrons. The molecule has 17 heavy (non-hydrogen) atoms. The highest BCUT2D eigenvalue weighted by Crippen LogP contribution is 2.44. The van der Waals surface area contributed by atoms with Crippen molar-refractivity contribution < 1.29 is 15.0 Å². The summed E-state index contributed by atoms with van der Waals surface area (Å²) in [4.78, 5) is 11.8. The summed E-state index contributed by atoms with van der Waals surface area (Å²) in [7, 11) is 0.